The number of hydrogen-bond donors (Lipinski definition) is 2. The maximum absolute atomic E-state index is 12.8. The van der Waals surface area contributed by atoms with Crippen molar-refractivity contribution in [1.82, 2.24) is 10.6 Å². The first-order valence-electron chi connectivity index (χ1n) is 9.05. The molecule has 2 amide bonds. The molecular weight excluding hydrogens is 347 g/mol. The number of nitrogens with one attached hydrogen (secondary N) is 2. The zero-order chi connectivity index (χ0) is 19.5. The van der Waals surface area contributed by atoms with Gasteiger partial charge < -0.3 is 15.4 Å². The summed E-state index contributed by atoms with van der Waals surface area (Å²) in [5, 5.41) is 5.58. The minimum Gasteiger partial charge on any atom is -0.494 e. The van der Waals surface area contributed by atoms with E-state index >= 15 is 0 Å². The lowest BCUT2D eigenvalue weighted by molar-refractivity contribution is -0.120. The van der Waals surface area contributed by atoms with Gasteiger partial charge in [0.15, 0.2) is 0 Å². The van der Waals surface area contributed by atoms with Crippen molar-refractivity contribution < 1.29 is 18.7 Å². The fourth-order valence-electron chi connectivity index (χ4n) is 2.48. The zero-order valence-electron chi connectivity index (χ0n) is 15.5. The van der Waals surface area contributed by atoms with Crippen LogP contribution in [0, 0.1) is 12.7 Å². The Labute approximate surface area is 158 Å². The molecule has 144 valence electrons. The van der Waals surface area contributed by atoms with E-state index in [1.54, 1.807) is 18.2 Å². The van der Waals surface area contributed by atoms with Crippen LogP contribution in [-0.2, 0) is 4.79 Å². The summed E-state index contributed by atoms with van der Waals surface area (Å²) in [5.74, 6) is 0.0726. The van der Waals surface area contributed by atoms with Crippen LogP contribution in [-0.4, -0.2) is 31.5 Å². The molecule has 0 bridgehead atoms. The van der Waals surface area contributed by atoms with E-state index in [4.69, 9.17) is 4.74 Å². The smallest absolute Gasteiger partial charge is 0.251 e. The second-order valence-corrected chi connectivity index (χ2v) is 6.18. The number of hydrogen-bond acceptors (Lipinski definition) is 3. The van der Waals surface area contributed by atoms with Crippen LogP contribution in [0.25, 0.3) is 0 Å². The molecule has 2 rings (SSSR count). The van der Waals surface area contributed by atoms with Crippen molar-refractivity contribution in [3.63, 3.8) is 0 Å². The van der Waals surface area contributed by atoms with Crippen LogP contribution in [0.1, 0.15) is 35.2 Å². The molecule has 0 saturated carbocycles. The van der Waals surface area contributed by atoms with E-state index in [0.29, 0.717) is 31.0 Å². The Bertz CT molecular complexity index is 747. The lowest BCUT2D eigenvalue weighted by Crippen LogP contribution is -2.31. The summed E-state index contributed by atoms with van der Waals surface area (Å²) in [6.07, 6.45) is 1.80. The number of rotatable bonds is 10. The summed E-state index contributed by atoms with van der Waals surface area (Å²) in [5.41, 5.74) is 1.53. The molecule has 2 aromatic rings. The third-order valence-corrected chi connectivity index (χ3v) is 4.00. The maximum Gasteiger partial charge on any atom is 0.251 e. The topological polar surface area (TPSA) is 67.4 Å². The Hall–Kier alpha value is -2.89. The van der Waals surface area contributed by atoms with E-state index in [1.807, 2.05) is 25.1 Å². The number of ether oxygens (including phenoxy) is 1. The van der Waals surface area contributed by atoms with Crippen LogP contribution in [0.2, 0.25) is 0 Å². The van der Waals surface area contributed by atoms with Gasteiger partial charge in [-0.2, -0.15) is 0 Å². The second-order valence-electron chi connectivity index (χ2n) is 6.18. The van der Waals surface area contributed by atoms with Crippen molar-refractivity contribution >= 4 is 11.8 Å². The van der Waals surface area contributed by atoms with Gasteiger partial charge in [-0.25, -0.2) is 4.39 Å². The number of aryl methyl sites for hydroxylation is 1. The maximum atomic E-state index is 12.8. The first-order chi connectivity index (χ1) is 13.1. The first kappa shape index (κ1) is 20.4. The fourth-order valence-corrected chi connectivity index (χ4v) is 2.48. The largest absolute Gasteiger partial charge is 0.494 e. The van der Waals surface area contributed by atoms with Crippen LogP contribution in [0.5, 0.6) is 5.75 Å². The van der Waals surface area contributed by atoms with Gasteiger partial charge in [0.05, 0.1) is 6.61 Å². The van der Waals surface area contributed by atoms with E-state index in [-0.39, 0.29) is 24.1 Å². The highest BCUT2D eigenvalue weighted by atomic mass is 19.1. The number of benzene rings is 2. The molecule has 5 nitrogen and oxygen atoms in total. The molecule has 0 saturated heterocycles. The molecular formula is C21H25FN2O3. The first-order valence-corrected chi connectivity index (χ1v) is 9.05. The Balaban J connectivity index is 1.51. The molecule has 0 aromatic heterocycles. The van der Waals surface area contributed by atoms with Gasteiger partial charge in [-0.15, -0.1) is 0 Å². The minimum absolute atomic E-state index is 0.0977. The molecule has 0 atom stereocenters. The second kappa shape index (κ2) is 11.0. The molecule has 0 unspecified atom stereocenters. The standard InChI is InChI=1S/C21H25FN2O3/c1-16-6-2-3-7-19(16)21(26)24-14-12-20(25)23-13-4-5-15-27-18-10-8-17(22)9-11-18/h2-3,6-11H,4-5,12-15H2,1H3,(H,23,25)(H,24,26). The number of halogens is 1. The van der Waals surface area contributed by atoms with Gasteiger partial charge in [-0.05, 0) is 55.7 Å². The molecule has 0 aliphatic carbocycles. The third-order valence-electron chi connectivity index (χ3n) is 4.00. The highest BCUT2D eigenvalue weighted by Gasteiger charge is 2.08. The van der Waals surface area contributed by atoms with Crippen LogP contribution in [0.3, 0.4) is 0 Å². The van der Waals surface area contributed by atoms with Crippen LogP contribution >= 0.6 is 0 Å². The van der Waals surface area contributed by atoms with Crippen molar-refractivity contribution in [3.8, 4) is 5.75 Å². The highest BCUT2D eigenvalue weighted by Crippen LogP contribution is 2.11. The van der Waals surface area contributed by atoms with Gasteiger partial charge in [0.2, 0.25) is 5.91 Å². The molecule has 0 heterocycles. The van der Waals surface area contributed by atoms with Gasteiger partial charge in [0, 0.05) is 25.1 Å². The number of unbranched alkanes of at least 4 members (excludes halogenated alkanes) is 1. The summed E-state index contributed by atoms with van der Waals surface area (Å²) in [4.78, 5) is 23.8. The molecule has 0 aliphatic rings. The van der Waals surface area contributed by atoms with E-state index in [0.717, 1.165) is 18.4 Å². The Kier molecular flexibility index (Phi) is 8.29. The predicted molar refractivity (Wildman–Crippen MR) is 102 cm³/mol. The predicted octanol–water partition coefficient (Wildman–Crippen LogP) is 3.23. The SMILES string of the molecule is Cc1ccccc1C(=O)NCCC(=O)NCCCCOc1ccc(F)cc1. The van der Waals surface area contributed by atoms with Gasteiger partial charge in [0.25, 0.3) is 5.91 Å². The molecule has 0 fully saturated rings. The molecule has 6 heteroatoms. The summed E-state index contributed by atoms with van der Waals surface area (Å²) < 4.78 is 18.3. The van der Waals surface area contributed by atoms with E-state index in [1.165, 1.54) is 12.1 Å². The Morgan fingerprint density at radius 3 is 2.44 bits per heavy atom. The third kappa shape index (κ3) is 7.48. The van der Waals surface area contributed by atoms with Gasteiger partial charge in [-0.3, -0.25) is 9.59 Å². The Morgan fingerprint density at radius 1 is 0.963 bits per heavy atom. The Morgan fingerprint density at radius 2 is 1.70 bits per heavy atom. The number of carbonyl (C=O) groups excluding carboxylic acids is 2. The van der Waals surface area contributed by atoms with Crippen molar-refractivity contribution in [2.75, 3.05) is 19.7 Å². The summed E-state index contributed by atoms with van der Waals surface area (Å²) in [6.45, 7) is 3.24. The van der Waals surface area contributed by atoms with Crippen LogP contribution < -0.4 is 15.4 Å². The average molecular weight is 372 g/mol. The van der Waals surface area contributed by atoms with Crippen molar-refractivity contribution in [2.24, 2.45) is 0 Å². The molecule has 0 aliphatic heterocycles. The van der Waals surface area contributed by atoms with Gasteiger partial charge in [0.1, 0.15) is 11.6 Å². The van der Waals surface area contributed by atoms with Crippen molar-refractivity contribution in [2.45, 2.75) is 26.2 Å². The lowest BCUT2D eigenvalue weighted by atomic mass is 10.1. The van der Waals surface area contributed by atoms with E-state index in [9.17, 15) is 14.0 Å². The minimum atomic E-state index is -0.292. The summed E-state index contributed by atoms with van der Waals surface area (Å²) in [7, 11) is 0. The monoisotopic (exact) mass is 372 g/mol. The molecule has 27 heavy (non-hydrogen) atoms. The van der Waals surface area contributed by atoms with Crippen molar-refractivity contribution in [1.29, 1.82) is 0 Å². The van der Waals surface area contributed by atoms with Crippen molar-refractivity contribution in [3.05, 3.63) is 65.5 Å². The summed E-state index contributed by atoms with van der Waals surface area (Å²) >= 11 is 0. The molecule has 0 spiro atoms. The molecule has 2 N–H and O–H groups in total. The van der Waals surface area contributed by atoms with Gasteiger partial charge in [-0.1, -0.05) is 18.2 Å². The number of amides is 2. The zero-order valence-corrected chi connectivity index (χ0v) is 15.5. The van der Waals surface area contributed by atoms with Gasteiger partial charge >= 0.3 is 0 Å². The molecule has 2 aromatic carbocycles. The lowest BCUT2D eigenvalue weighted by Gasteiger charge is -2.09. The molecule has 0 radical (unpaired) electrons. The average Bonchev–Trinajstić information content (AvgIpc) is 2.66. The quantitative estimate of drug-likeness (QED) is 0.629. The van der Waals surface area contributed by atoms with E-state index < -0.39 is 0 Å². The highest BCUT2D eigenvalue weighted by molar-refractivity contribution is 5.95. The fraction of sp³-hybridized carbons (Fsp3) is 0.333. The van der Waals surface area contributed by atoms with E-state index in [2.05, 4.69) is 10.6 Å². The number of carbonyl (C=O) groups is 2. The van der Waals surface area contributed by atoms with Crippen LogP contribution in [0.4, 0.5) is 4.39 Å². The van der Waals surface area contributed by atoms with Crippen LogP contribution in [0.15, 0.2) is 48.5 Å². The summed E-state index contributed by atoms with van der Waals surface area (Å²) in [6, 6.07) is 13.2. The normalized spacial score (nSPS) is 10.3.